The number of carbonyl (C=O) groups excluding carboxylic acids is 1. The zero-order valence-electron chi connectivity index (χ0n) is 10.8. The van der Waals surface area contributed by atoms with Crippen LogP contribution in [0.15, 0.2) is 23.1 Å². The minimum Gasteiger partial charge on any atom is -0.506 e. The van der Waals surface area contributed by atoms with Crippen LogP contribution < -0.4 is 10.5 Å². The maximum atomic E-state index is 11.6. The van der Waals surface area contributed by atoms with Crippen LogP contribution >= 0.6 is 0 Å². The van der Waals surface area contributed by atoms with Crippen molar-refractivity contribution < 1.29 is 23.1 Å². The number of amides is 1. The van der Waals surface area contributed by atoms with Gasteiger partial charge in [0.25, 0.3) is 0 Å². The molecule has 0 fully saturated rings. The molecule has 1 amide bonds. The molecule has 0 atom stereocenters. The normalized spacial score (nSPS) is 12.0. The van der Waals surface area contributed by atoms with Gasteiger partial charge in [-0.3, -0.25) is 5.32 Å². The molecule has 0 radical (unpaired) electrons. The second-order valence-corrected chi connectivity index (χ2v) is 6.35. The van der Waals surface area contributed by atoms with Crippen molar-refractivity contribution in [1.82, 2.24) is 0 Å². The summed E-state index contributed by atoms with van der Waals surface area (Å²) in [6, 6.07) is 3.69. The third-order valence-corrected chi connectivity index (χ3v) is 2.89. The van der Waals surface area contributed by atoms with Crippen molar-refractivity contribution in [3.05, 3.63) is 18.2 Å². The Morgan fingerprint density at radius 2 is 1.95 bits per heavy atom. The summed E-state index contributed by atoms with van der Waals surface area (Å²) in [7, 11) is -4.08. The van der Waals surface area contributed by atoms with Gasteiger partial charge in [0.2, 0.25) is 10.0 Å². The Balaban J connectivity index is 3.11. The SMILES string of the molecule is CC(C)(C)OC(=O)Nc1c(O)cccc1S(N)(=O)=O. The maximum absolute atomic E-state index is 11.6. The lowest BCUT2D eigenvalue weighted by molar-refractivity contribution is 0.0635. The minimum absolute atomic E-state index is 0.306. The molecule has 106 valence electrons. The summed E-state index contributed by atoms with van der Waals surface area (Å²) in [5, 5.41) is 16.8. The van der Waals surface area contributed by atoms with Crippen molar-refractivity contribution in [3.63, 3.8) is 0 Å². The number of phenols is 1. The molecule has 0 heterocycles. The van der Waals surface area contributed by atoms with Gasteiger partial charge in [0.15, 0.2) is 0 Å². The minimum atomic E-state index is -4.08. The molecule has 0 aliphatic carbocycles. The number of sulfonamides is 1. The number of benzene rings is 1. The average molecular weight is 288 g/mol. The molecular weight excluding hydrogens is 272 g/mol. The Labute approximate surface area is 111 Å². The summed E-state index contributed by atoms with van der Waals surface area (Å²) in [4.78, 5) is 11.2. The van der Waals surface area contributed by atoms with Crippen molar-refractivity contribution in [1.29, 1.82) is 0 Å². The average Bonchev–Trinajstić information content (AvgIpc) is 2.16. The van der Waals surface area contributed by atoms with Crippen LogP contribution in [0.2, 0.25) is 0 Å². The molecule has 0 aliphatic rings. The summed E-state index contributed by atoms with van der Waals surface area (Å²) in [6.07, 6.45) is -0.890. The third-order valence-electron chi connectivity index (χ3n) is 1.94. The topological polar surface area (TPSA) is 119 Å². The monoisotopic (exact) mass is 288 g/mol. The number of hydrogen-bond acceptors (Lipinski definition) is 5. The number of ether oxygens (including phenoxy) is 1. The van der Waals surface area contributed by atoms with Crippen LogP contribution in [0, 0.1) is 0 Å². The number of nitrogens with two attached hydrogens (primary N) is 1. The number of primary sulfonamides is 1. The molecule has 0 unspecified atom stereocenters. The van der Waals surface area contributed by atoms with E-state index in [1.807, 2.05) is 0 Å². The number of carbonyl (C=O) groups is 1. The predicted octanol–water partition coefficient (Wildman–Crippen LogP) is 1.39. The number of rotatable bonds is 2. The molecule has 1 aromatic rings. The quantitative estimate of drug-likeness (QED) is 0.710. The number of aromatic hydroxyl groups is 1. The Hall–Kier alpha value is -1.80. The van der Waals surface area contributed by atoms with E-state index in [1.54, 1.807) is 20.8 Å². The first-order valence-electron chi connectivity index (χ1n) is 5.35. The van der Waals surface area contributed by atoms with Gasteiger partial charge in [0.1, 0.15) is 21.9 Å². The smallest absolute Gasteiger partial charge is 0.412 e. The van der Waals surface area contributed by atoms with Crippen LogP contribution in [0.3, 0.4) is 0 Å². The van der Waals surface area contributed by atoms with Gasteiger partial charge in [0.05, 0.1) is 0 Å². The second kappa shape index (κ2) is 5.06. The largest absolute Gasteiger partial charge is 0.506 e. The molecular formula is C11H16N2O5S. The molecule has 0 bridgehead atoms. The fourth-order valence-corrected chi connectivity index (χ4v) is 2.00. The highest BCUT2D eigenvalue weighted by atomic mass is 32.2. The van der Waals surface area contributed by atoms with E-state index in [-0.39, 0.29) is 5.69 Å². The van der Waals surface area contributed by atoms with Gasteiger partial charge in [-0.15, -0.1) is 0 Å². The van der Waals surface area contributed by atoms with Crippen LogP contribution in [0.1, 0.15) is 20.8 Å². The molecule has 0 saturated heterocycles. The van der Waals surface area contributed by atoms with Crippen LogP contribution in [0.4, 0.5) is 10.5 Å². The lowest BCUT2D eigenvalue weighted by Crippen LogP contribution is -2.28. The van der Waals surface area contributed by atoms with Gasteiger partial charge in [-0.1, -0.05) is 6.07 Å². The maximum Gasteiger partial charge on any atom is 0.412 e. The van der Waals surface area contributed by atoms with Gasteiger partial charge in [-0.05, 0) is 32.9 Å². The summed E-state index contributed by atoms with van der Waals surface area (Å²) in [5.74, 6) is -0.419. The van der Waals surface area contributed by atoms with E-state index in [2.05, 4.69) is 5.32 Å². The summed E-state index contributed by atoms with van der Waals surface area (Å²) >= 11 is 0. The molecule has 0 spiro atoms. The highest BCUT2D eigenvalue weighted by Gasteiger charge is 2.22. The Morgan fingerprint density at radius 1 is 1.37 bits per heavy atom. The highest BCUT2D eigenvalue weighted by molar-refractivity contribution is 7.89. The first-order valence-corrected chi connectivity index (χ1v) is 6.90. The van der Waals surface area contributed by atoms with Crippen molar-refractivity contribution in [2.75, 3.05) is 5.32 Å². The van der Waals surface area contributed by atoms with E-state index in [0.29, 0.717) is 0 Å². The number of hydrogen-bond donors (Lipinski definition) is 3. The van der Waals surface area contributed by atoms with Crippen molar-refractivity contribution in [2.45, 2.75) is 31.3 Å². The van der Waals surface area contributed by atoms with E-state index in [4.69, 9.17) is 9.88 Å². The van der Waals surface area contributed by atoms with Gasteiger partial charge < -0.3 is 9.84 Å². The van der Waals surface area contributed by atoms with Crippen molar-refractivity contribution in [2.24, 2.45) is 5.14 Å². The lowest BCUT2D eigenvalue weighted by Gasteiger charge is -2.20. The molecule has 1 rings (SSSR count). The number of nitrogens with one attached hydrogen (secondary N) is 1. The van der Waals surface area contributed by atoms with Crippen molar-refractivity contribution >= 4 is 21.8 Å². The molecule has 7 nitrogen and oxygen atoms in total. The standard InChI is InChI=1S/C11H16N2O5S/c1-11(2,3)18-10(15)13-9-7(14)5-4-6-8(9)19(12,16)17/h4-6,14H,1-3H3,(H,13,15)(H2,12,16,17). The predicted molar refractivity (Wildman–Crippen MR) is 69.3 cm³/mol. The van der Waals surface area contributed by atoms with E-state index in [1.165, 1.54) is 18.2 Å². The molecule has 8 heteroatoms. The van der Waals surface area contributed by atoms with Gasteiger partial charge in [0, 0.05) is 0 Å². The zero-order valence-corrected chi connectivity index (χ0v) is 11.6. The van der Waals surface area contributed by atoms with E-state index in [9.17, 15) is 18.3 Å². The summed E-state index contributed by atoms with van der Waals surface area (Å²) < 4.78 is 27.7. The molecule has 4 N–H and O–H groups in total. The third kappa shape index (κ3) is 4.42. The number of phenolic OH excluding ortho intramolecular Hbond substituents is 1. The Bertz CT molecular complexity index is 590. The summed E-state index contributed by atoms with van der Waals surface area (Å²) in [6.45, 7) is 4.95. The fraction of sp³-hybridized carbons (Fsp3) is 0.364. The van der Waals surface area contributed by atoms with Crippen LogP contribution in [0.25, 0.3) is 0 Å². The van der Waals surface area contributed by atoms with E-state index in [0.717, 1.165) is 0 Å². The molecule has 0 saturated carbocycles. The molecule has 0 aliphatic heterocycles. The number of anilines is 1. The van der Waals surface area contributed by atoms with Crippen LogP contribution in [-0.2, 0) is 14.8 Å². The Morgan fingerprint density at radius 3 is 2.42 bits per heavy atom. The molecule has 1 aromatic carbocycles. The van der Waals surface area contributed by atoms with E-state index >= 15 is 0 Å². The van der Waals surface area contributed by atoms with Crippen LogP contribution in [-0.4, -0.2) is 25.2 Å². The first kappa shape index (κ1) is 15.3. The first-order chi connectivity index (χ1) is 8.50. The van der Waals surface area contributed by atoms with E-state index < -0.39 is 32.4 Å². The Kier molecular flexibility index (Phi) is 4.06. The van der Waals surface area contributed by atoms with Crippen LogP contribution in [0.5, 0.6) is 5.75 Å². The van der Waals surface area contributed by atoms with Gasteiger partial charge >= 0.3 is 6.09 Å². The van der Waals surface area contributed by atoms with Gasteiger partial charge in [-0.25, -0.2) is 18.4 Å². The second-order valence-electron chi connectivity index (χ2n) is 4.82. The van der Waals surface area contributed by atoms with Crippen molar-refractivity contribution in [3.8, 4) is 5.75 Å². The zero-order chi connectivity index (χ0) is 14.8. The fourth-order valence-electron chi connectivity index (χ4n) is 1.29. The molecule has 0 aromatic heterocycles. The lowest BCUT2D eigenvalue weighted by atomic mass is 10.2. The van der Waals surface area contributed by atoms with Gasteiger partial charge in [-0.2, -0.15) is 0 Å². The number of para-hydroxylation sites is 1. The summed E-state index contributed by atoms with van der Waals surface area (Å²) in [5.41, 5.74) is -1.06. The molecule has 19 heavy (non-hydrogen) atoms. The highest BCUT2D eigenvalue weighted by Crippen LogP contribution is 2.30.